The Morgan fingerprint density at radius 3 is 2.45 bits per heavy atom. The zero-order valence-corrected chi connectivity index (χ0v) is 19.1. The van der Waals surface area contributed by atoms with Crippen LogP contribution in [0.5, 0.6) is 0 Å². The Morgan fingerprint density at radius 1 is 1.14 bits per heavy atom. The van der Waals surface area contributed by atoms with Crippen LogP contribution >= 0.6 is 27.5 Å². The molecule has 2 rings (SSSR count). The number of methoxy groups -OCH3 is 2. The summed E-state index contributed by atoms with van der Waals surface area (Å²) < 4.78 is 37.9. The third kappa shape index (κ3) is 6.19. The van der Waals surface area contributed by atoms with Gasteiger partial charge in [-0.05, 0) is 36.2 Å². The van der Waals surface area contributed by atoms with Gasteiger partial charge in [0, 0.05) is 9.50 Å². The molecule has 7 nitrogen and oxygen atoms in total. The van der Waals surface area contributed by atoms with Gasteiger partial charge in [-0.3, -0.25) is 9.52 Å². The Labute approximate surface area is 182 Å². The molecule has 0 saturated heterocycles. The topological polar surface area (TPSA) is 98.8 Å². The van der Waals surface area contributed by atoms with Crippen LogP contribution < -0.4 is 4.72 Å². The molecule has 10 heteroatoms. The minimum absolute atomic E-state index is 0.0379. The van der Waals surface area contributed by atoms with Crippen LogP contribution in [-0.2, 0) is 36.5 Å². The highest BCUT2D eigenvalue weighted by molar-refractivity contribution is 9.10. The summed E-state index contributed by atoms with van der Waals surface area (Å²) in [6.07, 6.45) is -0.0892. The molecule has 0 saturated carbocycles. The van der Waals surface area contributed by atoms with Gasteiger partial charge in [0.2, 0.25) is 10.0 Å². The number of nitrogens with one attached hydrogen (secondary N) is 1. The van der Waals surface area contributed by atoms with Gasteiger partial charge in [-0.25, -0.2) is 13.2 Å². The van der Waals surface area contributed by atoms with Crippen molar-refractivity contribution in [1.82, 2.24) is 0 Å². The number of carbonyl (C=O) groups excluding carboxylic acids is 2. The third-order valence-corrected chi connectivity index (χ3v) is 6.11. The number of ether oxygens (including phenoxy) is 2. The van der Waals surface area contributed by atoms with E-state index in [1.807, 2.05) is 6.92 Å². The first-order valence-electron chi connectivity index (χ1n) is 8.29. The highest BCUT2D eigenvalue weighted by atomic mass is 79.9. The molecule has 0 atom stereocenters. The second-order valence-corrected chi connectivity index (χ2v) is 9.19. The fourth-order valence-corrected chi connectivity index (χ4v) is 5.07. The Kier molecular flexibility index (Phi) is 7.67. The standard InChI is InChI=1S/C19H19BrClNO6S/c1-11-4-5-17(12(6-11)7-18(23)27-2)22-29(25,26)10-15-14(19(24)28-3)8-13(21)9-16(15)20/h4-6,8-9,22H,7,10H2,1-3H3. The number of sulfonamides is 1. The number of benzene rings is 2. The summed E-state index contributed by atoms with van der Waals surface area (Å²) in [5, 5.41) is 0.255. The molecule has 0 aliphatic carbocycles. The van der Waals surface area contributed by atoms with E-state index in [4.69, 9.17) is 16.3 Å². The summed E-state index contributed by atoms with van der Waals surface area (Å²) >= 11 is 9.23. The zero-order valence-electron chi connectivity index (χ0n) is 15.9. The first kappa shape index (κ1) is 23.2. The monoisotopic (exact) mass is 503 g/mol. The van der Waals surface area contributed by atoms with Crippen LogP contribution in [0, 0.1) is 6.92 Å². The minimum atomic E-state index is -3.95. The minimum Gasteiger partial charge on any atom is -0.469 e. The van der Waals surface area contributed by atoms with Crippen molar-refractivity contribution in [2.75, 3.05) is 18.9 Å². The van der Waals surface area contributed by atoms with Crippen LogP contribution in [0.3, 0.4) is 0 Å². The van der Waals surface area contributed by atoms with E-state index < -0.39 is 27.7 Å². The van der Waals surface area contributed by atoms with Gasteiger partial charge in [0.05, 0.1) is 37.6 Å². The van der Waals surface area contributed by atoms with Crippen molar-refractivity contribution in [2.24, 2.45) is 0 Å². The lowest BCUT2D eigenvalue weighted by Gasteiger charge is -2.15. The Balaban J connectivity index is 2.40. The number of anilines is 1. The predicted octanol–water partition coefficient (Wildman–Crippen LogP) is 3.85. The molecule has 0 amide bonds. The molecule has 2 aromatic carbocycles. The average Bonchev–Trinajstić information content (AvgIpc) is 2.65. The molecular formula is C19H19BrClNO6S. The summed E-state index contributed by atoms with van der Waals surface area (Å²) in [6.45, 7) is 1.83. The van der Waals surface area contributed by atoms with E-state index in [2.05, 4.69) is 25.4 Å². The maximum atomic E-state index is 12.8. The molecule has 0 bridgehead atoms. The van der Waals surface area contributed by atoms with E-state index in [-0.39, 0.29) is 28.3 Å². The SMILES string of the molecule is COC(=O)Cc1cc(C)ccc1NS(=O)(=O)Cc1c(Br)cc(Cl)cc1C(=O)OC. The number of hydrogen-bond acceptors (Lipinski definition) is 6. The van der Waals surface area contributed by atoms with Crippen LogP contribution in [0.15, 0.2) is 34.8 Å². The van der Waals surface area contributed by atoms with Crippen molar-refractivity contribution < 1.29 is 27.5 Å². The molecule has 0 heterocycles. The van der Waals surface area contributed by atoms with Crippen LogP contribution in [0.25, 0.3) is 0 Å². The number of carbonyl (C=O) groups is 2. The quantitative estimate of drug-likeness (QED) is 0.575. The molecule has 0 spiro atoms. The smallest absolute Gasteiger partial charge is 0.338 e. The lowest BCUT2D eigenvalue weighted by atomic mass is 10.1. The highest BCUT2D eigenvalue weighted by Gasteiger charge is 2.23. The Bertz CT molecular complexity index is 1050. The molecule has 0 aromatic heterocycles. The molecule has 0 radical (unpaired) electrons. The first-order valence-corrected chi connectivity index (χ1v) is 11.1. The summed E-state index contributed by atoms with van der Waals surface area (Å²) in [6, 6.07) is 7.83. The first-order chi connectivity index (χ1) is 13.6. The van der Waals surface area contributed by atoms with Crippen molar-refractivity contribution in [1.29, 1.82) is 0 Å². The Morgan fingerprint density at radius 2 is 1.83 bits per heavy atom. The summed E-state index contributed by atoms with van der Waals surface area (Å²) in [4.78, 5) is 23.7. The zero-order chi connectivity index (χ0) is 21.8. The molecule has 29 heavy (non-hydrogen) atoms. The Hall–Kier alpha value is -2.10. The second kappa shape index (κ2) is 9.60. The van der Waals surface area contributed by atoms with E-state index in [9.17, 15) is 18.0 Å². The molecule has 1 N–H and O–H groups in total. The lowest BCUT2D eigenvalue weighted by Crippen LogP contribution is -2.19. The molecule has 0 aliphatic heterocycles. The van der Waals surface area contributed by atoms with Gasteiger partial charge in [-0.1, -0.05) is 45.2 Å². The van der Waals surface area contributed by atoms with Crippen molar-refractivity contribution in [2.45, 2.75) is 19.1 Å². The van der Waals surface area contributed by atoms with Gasteiger partial charge in [-0.2, -0.15) is 0 Å². The van der Waals surface area contributed by atoms with Crippen molar-refractivity contribution >= 4 is 55.2 Å². The number of hydrogen-bond donors (Lipinski definition) is 1. The van der Waals surface area contributed by atoms with E-state index in [0.29, 0.717) is 10.0 Å². The highest BCUT2D eigenvalue weighted by Crippen LogP contribution is 2.29. The molecular weight excluding hydrogens is 486 g/mol. The number of rotatable bonds is 7. The fourth-order valence-electron chi connectivity index (χ4n) is 2.63. The molecule has 0 fully saturated rings. The van der Waals surface area contributed by atoms with Gasteiger partial charge in [0.15, 0.2) is 0 Å². The van der Waals surface area contributed by atoms with Gasteiger partial charge in [0.25, 0.3) is 0 Å². The predicted molar refractivity (Wildman–Crippen MR) is 114 cm³/mol. The summed E-state index contributed by atoms with van der Waals surface area (Å²) in [7, 11) is -1.50. The third-order valence-electron chi connectivity index (χ3n) is 3.99. The van der Waals surface area contributed by atoms with Crippen LogP contribution in [0.1, 0.15) is 27.0 Å². The normalized spacial score (nSPS) is 11.1. The average molecular weight is 505 g/mol. The van der Waals surface area contributed by atoms with E-state index in [0.717, 1.165) is 5.56 Å². The van der Waals surface area contributed by atoms with Crippen LogP contribution in [-0.4, -0.2) is 34.6 Å². The van der Waals surface area contributed by atoms with Crippen LogP contribution in [0.4, 0.5) is 5.69 Å². The number of halogens is 2. The van der Waals surface area contributed by atoms with Crippen LogP contribution in [0.2, 0.25) is 5.02 Å². The lowest BCUT2D eigenvalue weighted by molar-refractivity contribution is -0.139. The summed E-state index contributed by atoms with van der Waals surface area (Å²) in [5.41, 5.74) is 1.83. The van der Waals surface area contributed by atoms with Crippen molar-refractivity contribution in [3.05, 3.63) is 62.1 Å². The maximum absolute atomic E-state index is 12.8. The van der Waals surface area contributed by atoms with Gasteiger partial charge in [-0.15, -0.1) is 0 Å². The fraction of sp³-hybridized carbons (Fsp3) is 0.263. The molecule has 0 aliphatic rings. The molecule has 0 unspecified atom stereocenters. The maximum Gasteiger partial charge on any atom is 0.338 e. The summed E-state index contributed by atoms with van der Waals surface area (Å²) in [5.74, 6) is -1.72. The van der Waals surface area contributed by atoms with E-state index in [1.165, 1.54) is 26.4 Å². The van der Waals surface area contributed by atoms with Crippen molar-refractivity contribution in [3.8, 4) is 0 Å². The largest absolute Gasteiger partial charge is 0.469 e. The number of esters is 2. The van der Waals surface area contributed by atoms with Crippen molar-refractivity contribution in [3.63, 3.8) is 0 Å². The molecule has 2 aromatic rings. The second-order valence-electron chi connectivity index (χ2n) is 6.18. The van der Waals surface area contributed by atoms with Gasteiger partial charge >= 0.3 is 11.9 Å². The van der Waals surface area contributed by atoms with Gasteiger partial charge < -0.3 is 9.47 Å². The molecule has 156 valence electrons. The van der Waals surface area contributed by atoms with E-state index >= 15 is 0 Å². The number of aryl methyl sites for hydroxylation is 1. The van der Waals surface area contributed by atoms with E-state index in [1.54, 1.807) is 18.2 Å². The van der Waals surface area contributed by atoms with Gasteiger partial charge in [0.1, 0.15) is 0 Å².